The van der Waals surface area contributed by atoms with Crippen LogP contribution in [0, 0.1) is 12.8 Å². The summed E-state index contributed by atoms with van der Waals surface area (Å²) >= 11 is 0. The molecule has 1 heterocycles. The number of nitrogens with one attached hydrogen (secondary N) is 1. The average molecular weight is 514 g/mol. The molecule has 2 amide bonds. The highest BCUT2D eigenvalue weighted by Crippen LogP contribution is 2.36. The standard InChI is InChI=1S/C21H31N5O6S2/c1-12(2)21(31)32-7-6-18(34-33-10-17(20(29)30)25-15(5)28)13(3)26(11-27)9-16-8-23-14(4)24-19(16)22/h8,11-12,17H,6-7,9-10H2,1-5H3,(H,25,28)(H,29,30)(H2,22,23,24)/b18-13-/t17-/m1/s1. The fourth-order valence-corrected chi connectivity index (χ4v) is 5.13. The van der Waals surface area contributed by atoms with Crippen molar-refractivity contribution < 1.29 is 29.0 Å². The van der Waals surface area contributed by atoms with Gasteiger partial charge in [-0.2, -0.15) is 0 Å². The summed E-state index contributed by atoms with van der Waals surface area (Å²) in [6.45, 7) is 8.36. The number of rotatable bonds is 14. The van der Waals surface area contributed by atoms with Gasteiger partial charge in [-0.25, -0.2) is 14.8 Å². The van der Waals surface area contributed by atoms with E-state index in [-0.39, 0.29) is 36.6 Å². The lowest BCUT2D eigenvalue weighted by molar-refractivity contribution is -0.147. The third-order valence-electron chi connectivity index (χ3n) is 4.44. The van der Waals surface area contributed by atoms with Crippen LogP contribution in [0.3, 0.4) is 0 Å². The van der Waals surface area contributed by atoms with Gasteiger partial charge in [-0.15, -0.1) is 0 Å². The Morgan fingerprint density at radius 3 is 2.53 bits per heavy atom. The topological polar surface area (TPSA) is 165 Å². The van der Waals surface area contributed by atoms with Crippen LogP contribution in [0.15, 0.2) is 16.8 Å². The monoisotopic (exact) mass is 513 g/mol. The summed E-state index contributed by atoms with van der Waals surface area (Å²) in [5.74, 6) is -1.36. The quantitative estimate of drug-likeness (QED) is 0.189. The summed E-state index contributed by atoms with van der Waals surface area (Å²) in [6, 6.07) is -1.07. The van der Waals surface area contributed by atoms with Gasteiger partial charge in [-0.05, 0) is 13.8 Å². The molecule has 0 aliphatic rings. The normalized spacial score (nSPS) is 12.5. The Hall–Kier alpha value is -2.80. The minimum atomic E-state index is -1.15. The van der Waals surface area contributed by atoms with E-state index in [0.717, 1.165) is 0 Å². The Morgan fingerprint density at radius 1 is 1.32 bits per heavy atom. The van der Waals surface area contributed by atoms with Crippen molar-refractivity contribution in [2.45, 2.75) is 53.6 Å². The Labute approximate surface area is 206 Å². The fraction of sp³-hybridized carbons (Fsp3) is 0.524. The molecule has 0 aliphatic carbocycles. The number of nitrogen functional groups attached to an aromatic ring is 1. The van der Waals surface area contributed by atoms with E-state index < -0.39 is 17.9 Å². The van der Waals surface area contributed by atoms with Gasteiger partial charge in [0, 0.05) is 41.5 Å². The zero-order valence-corrected chi connectivity index (χ0v) is 21.5. The number of nitrogens with zero attached hydrogens (tertiary/aromatic N) is 3. The fourth-order valence-electron chi connectivity index (χ4n) is 2.50. The van der Waals surface area contributed by atoms with E-state index >= 15 is 0 Å². The molecule has 34 heavy (non-hydrogen) atoms. The van der Waals surface area contributed by atoms with Crippen LogP contribution in [-0.2, 0) is 30.5 Å². The predicted molar refractivity (Wildman–Crippen MR) is 131 cm³/mol. The number of aromatic nitrogens is 2. The first-order valence-electron chi connectivity index (χ1n) is 10.4. The molecule has 0 bridgehead atoms. The Morgan fingerprint density at radius 2 is 2.00 bits per heavy atom. The molecule has 0 fully saturated rings. The highest BCUT2D eigenvalue weighted by atomic mass is 33.1. The molecule has 0 unspecified atom stereocenters. The van der Waals surface area contributed by atoms with Gasteiger partial charge in [0.15, 0.2) is 0 Å². The van der Waals surface area contributed by atoms with Gasteiger partial charge >= 0.3 is 11.9 Å². The van der Waals surface area contributed by atoms with E-state index in [2.05, 4.69) is 15.3 Å². The molecule has 1 atom stereocenters. The predicted octanol–water partition coefficient (Wildman–Crippen LogP) is 2.12. The average Bonchev–Trinajstić information content (AvgIpc) is 2.75. The van der Waals surface area contributed by atoms with Gasteiger partial charge < -0.3 is 25.8 Å². The lowest BCUT2D eigenvalue weighted by Gasteiger charge is -2.22. The second-order valence-electron chi connectivity index (χ2n) is 7.60. The van der Waals surface area contributed by atoms with Crippen LogP contribution in [0.5, 0.6) is 0 Å². The lowest BCUT2D eigenvalue weighted by atomic mass is 10.2. The van der Waals surface area contributed by atoms with E-state index in [0.29, 0.717) is 34.8 Å². The summed E-state index contributed by atoms with van der Waals surface area (Å²) in [6.07, 6.45) is 2.51. The number of esters is 1. The number of nitrogens with two attached hydrogens (primary N) is 1. The van der Waals surface area contributed by atoms with Crippen LogP contribution >= 0.6 is 21.6 Å². The minimum Gasteiger partial charge on any atom is -0.480 e. The third kappa shape index (κ3) is 10.00. The van der Waals surface area contributed by atoms with E-state index in [4.69, 9.17) is 10.5 Å². The molecule has 188 valence electrons. The smallest absolute Gasteiger partial charge is 0.327 e. The van der Waals surface area contributed by atoms with Crippen molar-refractivity contribution >= 4 is 51.7 Å². The number of ether oxygens (including phenoxy) is 1. The number of amides is 2. The molecule has 0 saturated carbocycles. The van der Waals surface area contributed by atoms with Crippen LogP contribution in [0.25, 0.3) is 0 Å². The number of hydrogen-bond acceptors (Lipinski definition) is 10. The van der Waals surface area contributed by atoms with Crippen molar-refractivity contribution in [3.8, 4) is 0 Å². The molecule has 13 heteroatoms. The Bertz CT molecular complexity index is 925. The highest BCUT2D eigenvalue weighted by molar-refractivity contribution is 8.78. The van der Waals surface area contributed by atoms with Crippen LogP contribution in [0.1, 0.15) is 45.5 Å². The number of aryl methyl sites for hydroxylation is 1. The van der Waals surface area contributed by atoms with Gasteiger partial charge in [0.1, 0.15) is 17.7 Å². The number of carboxylic acids is 1. The lowest BCUT2D eigenvalue weighted by Crippen LogP contribution is -2.41. The van der Waals surface area contributed by atoms with Gasteiger partial charge in [0.05, 0.1) is 19.1 Å². The number of carbonyl (C=O) groups excluding carboxylic acids is 3. The van der Waals surface area contributed by atoms with Crippen molar-refractivity contribution in [2.75, 3.05) is 18.1 Å². The first-order chi connectivity index (χ1) is 16.0. The van der Waals surface area contributed by atoms with E-state index in [9.17, 15) is 24.3 Å². The molecular formula is C21H31N5O6S2. The van der Waals surface area contributed by atoms with Crippen LogP contribution < -0.4 is 11.1 Å². The number of anilines is 1. The van der Waals surface area contributed by atoms with Crippen LogP contribution in [0.4, 0.5) is 5.82 Å². The molecule has 0 aliphatic heterocycles. The maximum absolute atomic E-state index is 11.9. The first-order valence-corrected chi connectivity index (χ1v) is 12.7. The minimum absolute atomic E-state index is 0.0853. The zero-order valence-electron chi connectivity index (χ0n) is 19.9. The van der Waals surface area contributed by atoms with Crippen molar-refractivity contribution in [1.29, 1.82) is 0 Å². The molecule has 1 rings (SSSR count). The van der Waals surface area contributed by atoms with Gasteiger partial charge in [-0.1, -0.05) is 35.4 Å². The summed E-state index contributed by atoms with van der Waals surface area (Å²) in [7, 11) is 2.45. The number of carbonyl (C=O) groups is 4. The summed E-state index contributed by atoms with van der Waals surface area (Å²) in [4.78, 5) is 56.7. The van der Waals surface area contributed by atoms with Crippen molar-refractivity contribution in [1.82, 2.24) is 20.2 Å². The SMILES string of the molecule is CC(=O)N[C@H](CSS/C(CCOC(=O)C(C)C)=C(/C)N(C=O)Cc1cnc(C)nc1N)C(=O)O. The maximum Gasteiger partial charge on any atom is 0.327 e. The van der Waals surface area contributed by atoms with Crippen LogP contribution in [0.2, 0.25) is 0 Å². The summed E-state index contributed by atoms with van der Waals surface area (Å²) in [5.41, 5.74) is 7.11. The van der Waals surface area contributed by atoms with Crippen LogP contribution in [-0.4, -0.2) is 62.6 Å². The number of allylic oxidation sites excluding steroid dienone is 1. The van der Waals surface area contributed by atoms with E-state index in [1.807, 2.05) is 0 Å². The van der Waals surface area contributed by atoms with Crippen molar-refractivity contribution in [2.24, 2.45) is 5.92 Å². The molecule has 0 saturated heterocycles. The largest absolute Gasteiger partial charge is 0.480 e. The second-order valence-corrected chi connectivity index (χ2v) is 10.0. The zero-order chi connectivity index (χ0) is 25.8. The first kappa shape index (κ1) is 29.2. The maximum atomic E-state index is 11.9. The molecule has 1 aromatic heterocycles. The molecule has 0 spiro atoms. The van der Waals surface area contributed by atoms with E-state index in [1.165, 1.54) is 33.4 Å². The van der Waals surface area contributed by atoms with E-state index in [1.54, 1.807) is 33.9 Å². The molecule has 11 nitrogen and oxygen atoms in total. The Kier molecular flexibility index (Phi) is 12.4. The van der Waals surface area contributed by atoms with Crippen molar-refractivity contribution in [3.05, 3.63) is 28.2 Å². The van der Waals surface area contributed by atoms with Gasteiger partial charge in [-0.3, -0.25) is 14.4 Å². The van der Waals surface area contributed by atoms with Gasteiger partial charge in [0.25, 0.3) is 0 Å². The summed E-state index contributed by atoms with van der Waals surface area (Å²) < 4.78 is 5.27. The number of hydrogen-bond donors (Lipinski definition) is 3. The van der Waals surface area contributed by atoms with Crippen molar-refractivity contribution in [3.63, 3.8) is 0 Å². The molecule has 1 aromatic rings. The third-order valence-corrected chi connectivity index (χ3v) is 7.09. The molecule has 0 aromatic carbocycles. The highest BCUT2D eigenvalue weighted by Gasteiger charge is 2.20. The molecular weight excluding hydrogens is 482 g/mol. The Balaban J connectivity index is 3.05. The molecule has 4 N–H and O–H groups in total. The summed E-state index contributed by atoms with van der Waals surface area (Å²) in [5, 5.41) is 11.7. The van der Waals surface area contributed by atoms with Gasteiger partial charge in [0.2, 0.25) is 12.3 Å². The number of aliphatic carboxylic acids is 1. The second kappa shape index (κ2) is 14.5. The number of carboxylic acid groups (broad SMARTS) is 1. The molecule has 0 radical (unpaired) electrons.